The Morgan fingerprint density at radius 3 is 0.750 bits per heavy atom. The van der Waals surface area contributed by atoms with Crippen LogP contribution in [0.2, 0.25) is 0 Å². The second kappa shape index (κ2) is 35.5. The topological polar surface area (TPSA) is 33.5 Å². The zero-order chi connectivity index (χ0) is 0. The van der Waals surface area contributed by atoms with E-state index in [2.05, 4.69) is 0 Å². The maximum absolute atomic E-state index is 0. The van der Waals surface area contributed by atoms with E-state index in [0.29, 0.717) is 0 Å². The first kappa shape index (κ1) is 78.8. The van der Waals surface area contributed by atoms with E-state index in [9.17, 15) is 0 Å². The summed E-state index contributed by atoms with van der Waals surface area (Å²) in [7, 11) is 0. The summed E-state index contributed by atoms with van der Waals surface area (Å²) in [6.07, 6.45) is 0. The number of hydrogen-bond donors (Lipinski definition) is 0. The van der Waals surface area contributed by atoms with Crippen molar-refractivity contribution in [2.45, 2.75) is 0 Å². The van der Waals surface area contributed by atoms with E-state index >= 15 is 0 Å². The van der Waals surface area contributed by atoms with E-state index in [1.165, 1.54) is 0 Å². The van der Waals surface area contributed by atoms with E-state index in [1.807, 2.05) is 0 Å². The van der Waals surface area contributed by atoms with Crippen LogP contribution < -0.4 is 0 Å². The SMILES string of the molecule is [CH3-].[CH3-].[NH2-].[U+3]. The Labute approximate surface area is 52.1 Å². The molecule has 1 radical (unpaired) electrons. The molecule has 0 atom stereocenters. The van der Waals surface area contributed by atoms with Crippen molar-refractivity contribution in [3.63, 3.8) is 0 Å². The Bertz CT molecular complexity index is 6.00. The summed E-state index contributed by atoms with van der Waals surface area (Å²) in [6.45, 7) is 0. The van der Waals surface area contributed by atoms with Gasteiger partial charge in [0.2, 0.25) is 0 Å². The van der Waals surface area contributed by atoms with Gasteiger partial charge in [0.05, 0.1) is 0 Å². The Morgan fingerprint density at radius 1 is 0.750 bits per heavy atom. The molecule has 0 aromatic heterocycles. The van der Waals surface area contributed by atoms with Crippen LogP contribution in [0.4, 0.5) is 0 Å². The van der Waals surface area contributed by atoms with Crippen molar-refractivity contribution in [2.24, 2.45) is 0 Å². The van der Waals surface area contributed by atoms with Crippen LogP contribution in [0.1, 0.15) is 0 Å². The molecule has 0 spiro atoms. The third-order valence-corrected chi connectivity index (χ3v) is 0. The molecule has 0 saturated carbocycles. The molecule has 0 heterocycles. The van der Waals surface area contributed by atoms with Gasteiger partial charge in [0, 0.05) is 0 Å². The molecule has 4 heavy (non-hydrogen) atoms. The first-order chi connectivity index (χ1) is 0. The molecule has 0 rings (SSSR count). The third kappa shape index (κ3) is 11.9. The molecule has 0 bridgehead atoms. The molecule has 0 aromatic carbocycles. The summed E-state index contributed by atoms with van der Waals surface area (Å²) in [5.41, 5.74) is 0. The Morgan fingerprint density at radius 2 is 0.750 bits per heavy atom. The van der Waals surface area contributed by atoms with Gasteiger partial charge in [-0.15, -0.1) is 0 Å². The molecule has 0 aliphatic carbocycles. The minimum absolute atomic E-state index is 0. The number of hydrogen-bond acceptors (Lipinski definition) is 0. The van der Waals surface area contributed by atoms with Gasteiger partial charge >= 0.3 is 31.1 Å². The first-order valence-electron chi connectivity index (χ1n) is 0. The Kier molecular flexibility index (Phi) is 700. The first-order valence-corrected chi connectivity index (χ1v) is 0. The maximum atomic E-state index is 0. The van der Waals surface area contributed by atoms with Crippen LogP contribution in [0.5, 0.6) is 0 Å². The van der Waals surface area contributed by atoms with Gasteiger partial charge in [-0.05, 0) is 0 Å². The van der Waals surface area contributed by atoms with Crippen molar-refractivity contribution >= 4 is 0 Å². The molecular weight excluding hydrogens is 276 g/mol. The quantitative estimate of drug-likeness (QED) is 0.606. The molecule has 0 saturated heterocycles. The van der Waals surface area contributed by atoms with Crippen LogP contribution in [0.3, 0.4) is 0 Å². The van der Waals surface area contributed by atoms with Gasteiger partial charge in [-0.3, -0.25) is 0 Å². The summed E-state index contributed by atoms with van der Waals surface area (Å²) < 4.78 is 0. The van der Waals surface area contributed by atoms with Crippen molar-refractivity contribution < 1.29 is 31.1 Å². The fourth-order valence-electron chi connectivity index (χ4n) is 0. The van der Waals surface area contributed by atoms with Crippen molar-refractivity contribution in [1.82, 2.24) is 0 Å². The van der Waals surface area contributed by atoms with Crippen LogP contribution in [0, 0.1) is 46.0 Å². The summed E-state index contributed by atoms with van der Waals surface area (Å²) in [5, 5.41) is 0. The van der Waals surface area contributed by atoms with Crippen LogP contribution in [-0.4, -0.2) is 0 Å². The van der Waals surface area contributed by atoms with Crippen LogP contribution >= 0.6 is 0 Å². The smallest absolute Gasteiger partial charge is 0.693 e. The molecule has 0 fully saturated rings. The Balaban J connectivity index is 0. The fraction of sp³-hybridized carbons (Fsp3) is 0. The van der Waals surface area contributed by atoms with Crippen molar-refractivity contribution in [3.05, 3.63) is 21.0 Å². The standard InChI is InChI=1S/2CH3.H2N.U/h2*1H3;1H2;/q3*-1;+3. The summed E-state index contributed by atoms with van der Waals surface area (Å²) in [4.78, 5) is 0. The summed E-state index contributed by atoms with van der Waals surface area (Å²) in [5.74, 6) is 0. The predicted molar refractivity (Wildman–Crippen MR) is 18.1 cm³/mol. The minimum atomic E-state index is 0. The van der Waals surface area contributed by atoms with E-state index in [4.69, 9.17) is 0 Å². The van der Waals surface area contributed by atoms with Gasteiger partial charge in [-0.2, -0.15) is 0 Å². The molecule has 1 nitrogen and oxygen atoms in total. The van der Waals surface area contributed by atoms with Crippen LogP contribution in [0.25, 0.3) is 6.15 Å². The molecule has 0 aliphatic heterocycles. The zero-order valence-corrected chi connectivity index (χ0v) is 7.24. The third-order valence-electron chi connectivity index (χ3n) is 0. The molecule has 2 N–H and O–H groups in total. The summed E-state index contributed by atoms with van der Waals surface area (Å²) >= 11 is 0. The average molecular weight is 284 g/mol. The molecule has 0 amide bonds. The van der Waals surface area contributed by atoms with E-state index in [1.54, 1.807) is 0 Å². The minimum Gasteiger partial charge on any atom is -0.693 e. The van der Waals surface area contributed by atoms with Crippen LogP contribution in [0.15, 0.2) is 0 Å². The Hall–Kier alpha value is 1.01. The zero-order valence-electron chi connectivity index (χ0n) is 3.08. The maximum Gasteiger partial charge on any atom is 3.00 e. The predicted octanol–water partition coefficient (Wildman–Crippen LogP) is 1.62. The van der Waals surface area contributed by atoms with Gasteiger partial charge in [-0.1, -0.05) is 0 Å². The van der Waals surface area contributed by atoms with Gasteiger partial charge in [0.15, 0.2) is 0 Å². The van der Waals surface area contributed by atoms with Crippen molar-refractivity contribution in [2.75, 3.05) is 0 Å². The molecule has 2 heteroatoms. The normalized spacial score (nSPS) is 0. The van der Waals surface area contributed by atoms with Crippen LogP contribution in [-0.2, 0) is 0 Å². The van der Waals surface area contributed by atoms with Gasteiger partial charge < -0.3 is 21.0 Å². The number of rotatable bonds is 0. The molecule has 25 valence electrons. The molecular formula is C2H8NU. The van der Waals surface area contributed by atoms with Crippen molar-refractivity contribution in [1.29, 1.82) is 0 Å². The summed E-state index contributed by atoms with van der Waals surface area (Å²) in [6, 6.07) is 0. The van der Waals surface area contributed by atoms with Crippen molar-refractivity contribution in [3.8, 4) is 0 Å². The largest absolute Gasteiger partial charge is 3.00 e. The molecule has 0 aromatic rings. The molecule has 0 unspecified atom stereocenters. The van der Waals surface area contributed by atoms with Gasteiger partial charge in [0.25, 0.3) is 0 Å². The average Bonchev–Trinajstić information content (AvgIpc) is 0. The van der Waals surface area contributed by atoms with E-state index in [-0.39, 0.29) is 52.1 Å². The van der Waals surface area contributed by atoms with E-state index < -0.39 is 0 Å². The number of nitrogens with two attached hydrogens (primary N) is 1. The fourth-order valence-corrected chi connectivity index (χ4v) is 0. The second-order valence-corrected chi connectivity index (χ2v) is 0. The monoisotopic (exact) mass is 284 g/mol. The second-order valence-electron chi connectivity index (χ2n) is 0. The van der Waals surface area contributed by atoms with Gasteiger partial charge in [0.1, 0.15) is 0 Å². The molecule has 0 aliphatic rings. The van der Waals surface area contributed by atoms with Gasteiger partial charge in [-0.25, -0.2) is 0 Å². The van der Waals surface area contributed by atoms with E-state index in [0.717, 1.165) is 0 Å².